The van der Waals surface area contributed by atoms with Gasteiger partial charge in [0.1, 0.15) is 12.2 Å². The number of rotatable bonds is 0. The quantitative estimate of drug-likeness (QED) is 0.286. The van der Waals surface area contributed by atoms with E-state index in [0.717, 1.165) is 25.7 Å². The summed E-state index contributed by atoms with van der Waals surface area (Å²) in [7, 11) is 0. The first-order chi connectivity index (χ1) is 8.51. The molecule has 0 aromatic rings. The normalized spacial score (nSPS) is 43.7. The molecule has 3 heteroatoms. The Balaban J connectivity index is 1.87. The van der Waals surface area contributed by atoms with Gasteiger partial charge in [-0.3, -0.25) is 0 Å². The van der Waals surface area contributed by atoms with Crippen LogP contribution in [0.3, 0.4) is 0 Å². The van der Waals surface area contributed by atoms with Gasteiger partial charge in [-0.2, -0.15) is 0 Å². The molecule has 3 rings (SSSR count). The zero-order valence-electron chi connectivity index (χ0n) is 11.1. The second-order valence-corrected chi connectivity index (χ2v) is 5.98. The van der Waals surface area contributed by atoms with E-state index in [1.165, 1.54) is 5.57 Å². The highest BCUT2D eigenvalue weighted by molar-refractivity contribution is 5.91. The molecule has 0 aromatic carbocycles. The number of ether oxygens (including phenoxy) is 2. The van der Waals surface area contributed by atoms with E-state index in [-0.39, 0.29) is 29.7 Å². The molecule has 0 unspecified atom stereocenters. The van der Waals surface area contributed by atoms with Crippen molar-refractivity contribution in [1.82, 2.24) is 0 Å². The first kappa shape index (κ1) is 12.0. The highest BCUT2D eigenvalue weighted by Gasteiger charge is 2.61. The lowest BCUT2D eigenvalue weighted by Gasteiger charge is -2.19. The van der Waals surface area contributed by atoms with Crippen molar-refractivity contribution in [3.63, 3.8) is 0 Å². The van der Waals surface area contributed by atoms with Crippen LogP contribution in [-0.2, 0) is 14.3 Å². The minimum Gasteiger partial charge on any atom is -0.455 e. The van der Waals surface area contributed by atoms with Crippen molar-refractivity contribution in [1.29, 1.82) is 0 Å². The number of carbonyl (C=O) groups is 1. The van der Waals surface area contributed by atoms with E-state index in [1.54, 1.807) is 0 Å². The van der Waals surface area contributed by atoms with Crippen LogP contribution in [0.5, 0.6) is 0 Å². The zero-order valence-corrected chi connectivity index (χ0v) is 11.1. The molecule has 0 bridgehead atoms. The summed E-state index contributed by atoms with van der Waals surface area (Å²) in [6.45, 7) is 8.17. The number of hydrogen-bond donors (Lipinski definition) is 0. The minimum atomic E-state index is -0.233. The standard InChI is InChI=1S/C15H20O3/c1-9-5-4-8-15(3)13(18-15)12-11(7-6-9)10(2)14(16)17-12/h5,11-13H,2,4,6-8H2,1,3H3/t11-,12-,13-,15+/m1/s1. The number of hydrogen-bond acceptors (Lipinski definition) is 3. The number of fused-ring (bicyclic) bond motifs is 3. The van der Waals surface area contributed by atoms with Gasteiger partial charge in [0.2, 0.25) is 0 Å². The first-order valence-electron chi connectivity index (χ1n) is 6.74. The van der Waals surface area contributed by atoms with Crippen LogP contribution in [0.2, 0.25) is 0 Å². The van der Waals surface area contributed by atoms with Crippen LogP contribution in [0.25, 0.3) is 0 Å². The Bertz CT molecular complexity index is 437. The van der Waals surface area contributed by atoms with Gasteiger partial charge >= 0.3 is 5.97 Å². The summed E-state index contributed by atoms with van der Waals surface area (Å²) in [6.07, 6.45) is 6.25. The summed E-state index contributed by atoms with van der Waals surface area (Å²) in [5.74, 6) is -0.102. The molecule has 3 aliphatic rings. The van der Waals surface area contributed by atoms with E-state index in [4.69, 9.17) is 9.47 Å². The summed E-state index contributed by atoms with van der Waals surface area (Å²) in [6, 6.07) is 0. The van der Waals surface area contributed by atoms with Crippen LogP contribution in [0.1, 0.15) is 39.5 Å². The Hall–Kier alpha value is -1.09. The number of allylic oxidation sites excluding steroid dienone is 2. The Morgan fingerprint density at radius 3 is 3.06 bits per heavy atom. The van der Waals surface area contributed by atoms with Gasteiger partial charge in [-0.05, 0) is 39.5 Å². The Labute approximate surface area is 108 Å². The monoisotopic (exact) mass is 248 g/mol. The molecule has 3 nitrogen and oxygen atoms in total. The molecule has 2 saturated heterocycles. The lowest BCUT2D eigenvalue weighted by molar-refractivity contribution is -0.140. The predicted molar refractivity (Wildman–Crippen MR) is 68.0 cm³/mol. The molecule has 1 aliphatic carbocycles. The summed E-state index contributed by atoms with van der Waals surface area (Å²) in [5, 5.41) is 0. The molecule has 0 amide bonds. The Kier molecular flexibility index (Phi) is 2.63. The SMILES string of the molecule is C=C1C(=O)O[C@@H]2[C@@H]1CCC(C)=CCC[C@]1(C)O[C@H]21. The molecule has 0 spiro atoms. The van der Waals surface area contributed by atoms with E-state index < -0.39 is 0 Å². The molecule has 4 atom stereocenters. The molecule has 98 valence electrons. The van der Waals surface area contributed by atoms with Crippen LogP contribution >= 0.6 is 0 Å². The fourth-order valence-electron chi connectivity index (χ4n) is 3.20. The maximum Gasteiger partial charge on any atom is 0.334 e. The average Bonchev–Trinajstić information content (AvgIpc) is 2.90. The van der Waals surface area contributed by atoms with Gasteiger partial charge < -0.3 is 9.47 Å². The van der Waals surface area contributed by atoms with E-state index in [2.05, 4.69) is 26.5 Å². The van der Waals surface area contributed by atoms with Crippen LogP contribution in [0, 0.1) is 5.92 Å². The van der Waals surface area contributed by atoms with Crippen molar-refractivity contribution < 1.29 is 14.3 Å². The van der Waals surface area contributed by atoms with Crippen molar-refractivity contribution in [3.05, 3.63) is 23.8 Å². The van der Waals surface area contributed by atoms with Crippen molar-refractivity contribution >= 4 is 5.97 Å². The molecule has 0 N–H and O–H groups in total. The van der Waals surface area contributed by atoms with Crippen LogP contribution in [-0.4, -0.2) is 23.8 Å². The third-order valence-electron chi connectivity index (χ3n) is 4.57. The predicted octanol–water partition coefficient (Wildman–Crippen LogP) is 2.76. The smallest absolute Gasteiger partial charge is 0.334 e. The zero-order chi connectivity index (χ0) is 12.9. The van der Waals surface area contributed by atoms with Crippen LogP contribution < -0.4 is 0 Å². The molecule has 0 saturated carbocycles. The first-order valence-corrected chi connectivity index (χ1v) is 6.74. The second-order valence-electron chi connectivity index (χ2n) is 5.98. The fraction of sp³-hybridized carbons (Fsp3) is 0.667. The van der Waals surface area contributed by atoms with Gasteiger partial charge in [0.15, 0.2) is 0 Å². The summed E-state index contributed by atoms with van der Waals surface area (Å²) < 4.78 is 11.3. The molecular weight excluding hydrogens is 228 g/mol. The summed E-state index contributed by atoms with van der Waals surface area (Å²) in [5.41, 5.74) is 1.91. The minimum absolute atomic E-state index is 0.0671. The van der Waals surface area contributed by atoms with E-state index in [0.29, 0.717) is 5.57 Å². The number of carbonyl (C=O) groups excluding carboxylic acids is 1. The topological polar surface area (TPSA) is 38.8 Å². The second kappa shape index (κ2) is 3.95. The van der Waals surface area contributed by atoms with Crippen molar-refractivity contribution in [2.24, 2.45) is 5.92 Å². The largest absolute Gasteiger partial charge is 0.455 e. The summed E-state index contributed by atoms with van der Waals surface area (Å²) in [4.78, 5) is 11.7. The molecule has 0 radical (unpaired) electrons. The molecule has 2 aliphatic heterocycles. The Morgan fingerprint density at radius 2 is 2.28 bits per heavy atom. The molecule has 2 heterocycles. The van der Waals surface area contributed by atoms with Crippen LogP contribution in [0.4, 0.5) is 0 Å². The lowest BCUT2D eigenvalue weighted by Crippen LogP contribution is -2.28. The van der Waals surface area contributed by atoms with Gasteiger partial charge in [-0.25, -0.2) is 4.79 Å². The average molecular weight is 248 g/mol. The number of esters is 1. The van der Waals surface area contributed by atoms with Gasteiger partial charge in [-0.15, -0.1) is 0 Å². The third kappa shape index (κ3) is 1.81. The van der Waals surface area contributed by atoms with Crippen LogP contribution in [0.15, 0.2) is 23.8 Å². The van der Waals surface area contributed by atoms with Crippen molar-refractivity contribution in [2.75, 3.05) is 0 Å². The van der Waals surface area contributed by atoms with Gasteiger partial charge in [0, 0.05) is 11.5 Å². The van der Waals surface area contributed by atoms with Crippen molar-refractivity contribution in [3.8, 4) is 0 Å². The third-order valence-corrected chi connectivity index (χ3v) is 4.57. The maximum atomic E-state index is 11.7. The van der Waals surface area contributed by atoms with Gasteiger partial charge in [-0.1, -0.05) is 18.2 Å². The van der Waals surface area contributed by atoms with Gasteiger partial charge in [0.25, 0.3) is 0 Å². The van der Waals surface area contributed by atoms with E-state index in [1.807, 2.05) is 0 Å². The molecule has 0 aromatic heterocycles. The highest BCUT2D eigenvalue weighted by Crippen LogP contribution is 2.49. The molecular formula is C15H20O3. The fourth-order valence-corrected chi connectivity index (χ4v) is 3.20. The maximum absolute atomic E-state index is 11.7. The molecule has 18 heavy (non-hydrogen) atoms. The lowest BCUT2D eigenvalue weighted by atomic mass is 9.84. The van der Waals surface area contributed by atoms with Gasteiger partial charge in [0.05, 0.1) is 5.60 Å². The highest BCUT2D eigenvalue weighted by atomic mass is 16.6. The van der Waals surface area contributed by atoms with E-state index in [9.17, 15) is 4.79 Å². The number of epoxide rings is 1. The Morgan fingerprint density at radius 1 is 1.50 bits per heavy atom. The molecule has 2 fully saturated rings. The van der Waals surface area contributed by atoms with E-state index >= 15 is 0 Å². The van der Waals surface area contributed by atoms with Crippen molar-refractivity contribution in [2.45, 2.75) is 57.3 Å². The summed E-state index contributed by atoms with van der Waals surface area (Å²) >= 11 is 0.